The summed E-state index contributed by atoms with van der Waals surface area (Å²) in [6, 6.07) is 0. The van der Waals surface area contributed by atoms with E-state index in [1.165, 1.54) is 51.4 Å². The summed E-state index contributed by atoms with van der Waals surface area (Å²) in [7, 11) is 0. The third-order valence-corrected chi connectivity index (χ3v) is 3.24. The summed E-state index contributed by atoms with van der Waals surface area (Å²) in [6.45, 7) is 2.71. The fraction of sp³-hybridized carbons (Fsp3) is 0.938. The molecule has 0 amide bonds. The van der Waals surface area contributed by atoms with Crippen molar-refractivity contribution < 1.29 is 24.5 Å². The number of ether oxygens (including phenoxy) is 2. The largest absolute Gasteiger partial charge is 0.480 e. The number of carboxylic acids is 1. The molecule has 2 N–H and O–H groups in total. The Bertz CT molecular complexity index is 233. The minimum absolute atomic E-state index is 0.00403. The average Bonchev–Trinajstić information content (AvgIpc) is 2.44. The summed E-state index contributed by atoms with van der Waals surface area (Å²) >= 11 is 0. The number of carboxylic acid groups (broad SMARTS) is 1. The highest BCUT2D eigenvalue weighted by molar-refractivity contribution is 5.67. The molecule has 0 radical (unpaired) electrons. The van der Waals surface area contributed by atoms with E-state index in [9.17, 15) is 9.90 Å². The van der Waals surface area contributed by atoms with Crippen LogP contribution in [0.2, 0.25) is 0 Å². The van der Waals surface area contributed by atoms with Crippen LogP contribution in [-0.2, 0) is 14.3 Å². The number of carbonyl (C=O) groups is 1. The van der Waals surface area contributed by atoms with E-state index in [0.717, 1.165) is 6.42 Å². The highest BCUT2D eigenvalue weighted by Gasteiger charge is 2.05. The molecule has 1 atom stereocenters. The van der Waals surface area contributed by atoms with Crippen molar-refractivity contribution in [3.8, 4) is 0 Å². The van der Waals surface area contributed by atoms with Crippen molar-refractivity contribution in [1.29, 1.82) is 0 Å². The van der Waals surface area contributed by atoms with Gasteiger partial charge < -0.3 is 19.7 Å². The standard InChI is InChI=1S/C16H32O5/c1-2-3-4-5-6-7-8-9-10-11-20-12-15(17)13-21-14-16(18)19/h15,17H,2-14H2,1H3,(H,18,19). The van der Waals surface area contributed by atoms with Gasteiger partial charge in [-0.3, -0.25) is 0 Å². The summed E-state index contributed by atoms with van der Waals surface area (Å²) < 4.78 is 10.1. The Morgan fingerprint density at radius 2 is 1.43 bits per heavy atom. The van der Waals surface area contributed by atoms with Gasteiger partial charge in [-0.25, -0.2) is 4.79 Å². The molecule has 21 heavy (non-hydrogen) atoms. The van der Waals surface area contributed by atoms with Crippen LogP contribution in [0, 0.1) is 0 Å². The van der Waals surface area contributed by atoms with Gasteiger partial charge in [-0.05, 0) is 6.42 Å². The van der Waals surface area contributed by atoms with E-state index in [4.69, 9.17) is 14.6 Å². The highest BCUT2D eigenvalue weighted by Crippen LogP contribution is 2.09. The number of aliphatic hydroxyl groups is 1. The average molecular weight is 304 g/mol. The maximum Gasteiger partial charge on any atom is 0.329 e. The Morgan fingerprint density at radius 1 is 0.905 bits per heavy atom. The zero-order valence-electron chi connectivity index (χ0n) is 13.4. The van der Waals surface area contributed by atoms with Crippen LogP contribution in [0.4, 0.5) is 0 Å². The van der Waals surface area contributed by atoms with Gasteiger partial charge in [0.05, 0.1) is 13.2 Å². The lowest BCUT2D eigenvalue weighted by Gasteiger charge is -2.10. The predicted molar refractivity (Wildman–Crippen MR) is 82.5 cm³/mol. The van der Waals surface area contributed by atoms with E-state index >= 15 is 0 Å². The molecule has 0 aromatic rings. The Hall–Kier alpha value is -0.650. The van der Waals surface area contributed by atoms with Crippen LogP contribution in [0.3, 0.4) is 0 Å². The van der Waals surface area contributed by atoms with Crippen LogP contribution >= 0.6 is 0 Å². The number of rotatable bonds is 16. The van der Waals surface area contributed by atoms with Crippen molar-refractivity contribution in [3.05, 3.63) is 0 Å². The van der Waals surface area contributed by atoms with E-state index in [-0.39, 0.29) is 19.8 Å². The van der Waals surface area contributed by atoms with E-state index in [0.29, 0.717) is 6.61 Å². The van der Waals surface area contributed by atoms with Gasteiger partial charge in [-0.2, -0.15) is 0 Å². The lowest BCUT2D eigenvalue weighted by Crippen LogP contribution is -2.23. The second-order valence-corrected chi connectivity index (χ2v) is 5.47. The molecular formula is C16H32O5. The number of hydrogen-bond donors (Lipinski definition) is 2. The molecule has 1 unspecified atom stereocenters. The second kappa shape index (κ2) is 15.7. The Labute approximate surface area is 128 Å². The molecule has 0 rings (SSSR count). The second-order valence-electron chi connectivity index (χ2n) is 5.47. The molecule has 0 fully saturated rings. The zero-order valence-corrected chi connectivity index (χ0v) is 13.4. The molecule has 0 bridgehead atoms. The van der Waals surface area contributed by atoms with Gasteiger partial charge in [0.1, 0.15) is 12.7 Å². The van der Waals surface area contributed by atoms with Crippen molar-refractivity contribution in [2.75, 3.05) is 26.4 Å². The summed E-state index contributed by atoms with van der Waals surface area (Å²) in [5.41, 5.74) is 0. The Balaban J connectivity index is 3.12. The molecule has 0 heterocycles. The van der Waals surface area contributed by atoms with Gasteiger partial charge in [0.25, 0.3) is 0 Å². The molecule has 5 heteroatoms. The third-order valence-electron chi connectivity index (χ3n) is 3.24. The maximum absolute atomic E-state index is 10.2. The van der Waals surface area contributed by atoms with E-state index in [1.807, 2.05) is 0 Å². The van der Waals surface area contributed by atoms with Crippen LogP contribution in [0.15, 0.2) is 0 Å². The van der Waals surface area contributed by atoms with Crippen LogP contribution in [0.1, 0.15) is 64.7 Å². The smallest absolute Gasteiger partial charge is 0.329 e. The third kappa shape index (κ3) is 17.3. The molecule has 0 spiro atoms. The van der Waals surface area contributed by atoms with Gasteiger partial charge in [0, 0.05) is 6.61 Å². The minimum Gasteiger partial charge on any atom is -0.480 e. The number of unbranched alkanes of at least 4 members (excludes halogenated alkanes) is 8. The van der Waals surface area contributed by atoms with Gasteiger partial charge in [-0.15, -0.1) is 0 Å². The molecule has 0 aliphatic carbocycles. The molecule has 0 saturated heterocycles. The van der Waals surface area contributed by atoms with Gasteiger partial charge in [0.15, 0.2) is 0 Å². The van der Waals surface area contributed by atoms with Gasteiger partial charge >= 0.3 is 5.97 Å². The summed E-state index contributed by atoms with van der Waals surface area (Å²) in [5, 5.41) is 17.8. The van der Waals surface area contributed by atoms with Crippen molar-refractivity contribution in [2.45, 2.75) is 70.8 Å². The predicted octanol–water partition coefficient (Wildman–Crippen LogP) is 3.00. The first kappa shape index (κ1) is 20.3. The first-order chi connectivity index (χ1) is 10.2. The zero-order chi connectivity index (χ0) is 15.8. The quantitative estimate of drug-likeness (QED) is 0.429. The lowest BCUT2D eigenvalue weighted by molar-refractivity contribution is -0.143. The molecule has 0 aromatic carbocycles. The van der Waals surface area contributed by atoms with E-state index < -0.39 is 12.1 Å². The molecule has 126 valence electrons. The molecule has 0 aliphatic rings. The summed E-state index contributed by atoms with van der Waals surface area (Å²) in [6.07, 6.45) is 10.7. The first-order valence-electron chi connectivity index (χ1n) is 8.22. The van der Waals surface area contributed by atoms with Crippen LogP contribution in [-0.4, -0.2) is 48.7 Å². The first-order valence-corrected chi connectivity index (χ1v) is 8.22. The van der Waals surface area contributed by atoms with Crippen molar-refractivity contribution in [1.82, 2.24) is 0 Å². The summed E-state index contributed by atoms with van der Waals surface area (Å²) in [4.78, 5) is 10.2. The highest BCUT2D eigenvalue weighted by atomic mass is 16.5. The Kier molecular flexibility index (Phi) is 15.2. The van der Waals surface area contributed by atoms with E-state index in [2.05, 4.69) is 6.92 Å². The van der Waals surface area contributed by atoms with Crippen LogP contribution < -0.4 is 0 Å². The number of aliphatic carboxylic acids is 1. The number of hydrogen-bond acceptors (Lipinski definition) is 4. The normalized spacial score (nSPS) is 12.5. The van der Waals surface area contributed by atoms with E-state index in [1.54, 1.807) is 0 Å². The Morgan fingerprint density at radius 3 is 2.00 bits per heavy atom. The molecular weight excluding hydrogens is 272 g/mol. The fourth-order valence-corrected chi connectivity index (χ4v) is 2.06. The van der Waals surface area contributed by atoms with Crippen LogP contribution in [0.25, 0.3) is 0 Å². The number of aliphatic hydroxyl groups excluding tert-OH is 1. The van der Waals surface area contributed by atoms with Gasteiger partial charge in [-0.1, -0.05) is 58.3 Å². The molecule has 0 saturated carbocycles. The monoisotopic (exact) mass is 304 g/mol. The van der Waals surface area contributed by atoms with Gasteiger partial charge in [0.2, 0.25) is 0 Å². The fourth-order valence-electron chi connectivity index (χ4n) is 2.06. The van der Waals surface area contributed by atoms with Crippen LogP contribution in [0.5, 0.6) is 0 Å². The SMILES string of the molecule is CCCCCCCCCCCOCC(O)COCC(=O)O. The lowest BCUT2D eigenvalue weighted by atomic mass is 10.1. The van der Waals surface area contributed by atoms with Crippen molar-refractivity contribution in [3.63, 3.8) is 0 Å². The minimum atomic E-state index is -1.03. The molecule has 0 aromatic heterocycles. The molecule has 5 nitrogen and oxygen atoms in total. The maximum atomic E-state index is 10.2. The topological polar surface area (TPSA) is 76.0 Å². The molecule has 0 aliphatic heterocycles. The van der Waals surface area contributed by atoms with Crippen molar-refractivity contribution in [2.24, 2.45) is 0 Å². The summed E-state index contributed by atoms with van der Waals surface area (Å²) in [5.74, 6) is -1.03. The van der Waals surface area contributed by atoms with Crippen molar-refractivity contribution >= 4 is 5.97 Å².